The summed E-state index contributed by atoms with van der Waals surface area (Å²) < 4.78 is 42.4. The Balaban J connectivity index is 2.09. The molecule has 1 atom stereocenters. The largest absolute Gasteiger partial charge is 0.495 e. The molecule has 1 aromatic rings. The molecule has 1 aliphatic rings. The summed E-state index contributed by atoms with van der Waals surface area (Å²) in [5, 5.41) is 3.05. The van der Waals surface area contributed by atoms with Crippen LogP contribution in [0, 0.1) is 12.8 Å². The minimum atomic E-state index is -4.49. The van der Waals surface area contributed by atoms with Crippen LogP contribution in [0.15, 0.2) is 12.1 Å². The van der Waals surface area contributed by atoms with Gasteiger partial charge in [-0.05, 0) is 18.6 Å². The van der Waals surface area contributed by atoms with Gasteiger partial charge in [-0.2, -0.15) is 13.2 Å². The highest BCUT2D eigenvalue weighted by molar-refractivity contribution is 6.31. The Hall–Kier alpha value is -1.96. The average molecular weight is 365 g/mol. The number of halogens is 4. The first-order valence-electron chi connectivity index (χ1n) is 7.10. The van der Waals surface area contributed by atoms with E-state index in [1.54, 1.807) is 13.0 Å². The number of amides is 2. The van der Waals surface area contributed by atoms with Crippen molar-refractivity contribution < 1.29 is 27.5 Å². The Kier molecular flexibility index (Phi) is 5.27. The minimum Gasteiger partial charge on any atom is -0.495 e. The van der Waals surface area contributed by atoms with Crippen LogP contribution >= 0.6 is 11.6 Å². The number of benzene rings is 1. The second kappa shape index (κ2) is 6.88. The van der Waals surface area contributed by atoms with Gasteiger partial charge < -0.3 is 15.0 Å². The number of alkyl halides is 3. The predicted molar refractivity (Wildman–Crippen MR) is 82.1 cm³/mol. The zero-order valence-electron chi connectivity index (χ0n) is 13.0. The van der Waals surface area contributed by atoms with Crippen LogP contribution in [0.5, 0.6) is 5.75 Å². The Bertz CT molecular complexity index is 664. The first kappa shape index (κ1) is 18.4. The fourth-order valence-corrected chi connectivity index (χ4v) is 2.64. The van der Waals surface area contributed by atoms with Gasteiger partial charge in [-0.1, -0.05) is 11.6 Å². The van der Waals surface area contributed by atoms with Gasteiger partial charge in [-0.25, -0.2) is 0 Å². The van der Waals surface area contributed by atoms with E-state index in [-0.39, 0.29) is 13.0 Å². The summed E-state index contributed by atoms with van der Waals surface area (Å²) in [6, 6.07) is 3.13. The zero-order chi connectivity index (χ0) is 18.1. The number of carbonyl (C=O) groups excluding carboxylic acids is 2. The van der Waals surface area contributed by atoms with E-state index in [1.165, 1.54) is 13.2 Å². The molecule has 0 saturated carbocycles. The molecule has 24 heavy (non-hydrogen) atoms. The molecule has 132 valence electrons. The van der Waals surface area contributed by atoms with E-state index in [1.807, 2.05) is 0 Å². The van der Waals surface area contributed by atoms with Crippen molar-refractivity contribution >= 4 is 29.1 Å². The van der Waals surface area contributed by atoms with Crippen molar-refractivity contribution in [3.8, 4) is 5.75 Å². The van der Waals surface area contributed by atoms with E-state index in [0.29, 0.717) is 26.9 Å². The normalized spacial score (nSPS) is 18.0. The van der Waals surface area contributed by atoms with E-state index < -0.39 is 30.5 Å². The molecule has 0 radical (unpaired) electrons. The first-order valence-corrected chi connectivity index (χ1v) is 7.48. The maximum atomic E-state index is 12.4. The molecule has 1 unspecified atom stereocenters. The third kappa shape index (κ3) is 4.31. The molecule has 1 heterocycles. The Labute approximate surface area is 141 Å². The molecule has 0 aromatic heterocycles. The number of anilines is 1. The van der Waals surface area contributed by atoms with Crippen molar-refractivity contribution in [2.24, 2.45) is 5.92 Å². The van der Waals surface area contributed by atoms with Crippen molar-refractivity contribution in [3.63, 3.8) is 0 Å². The van der Waals surface area contributed by atoms with E-state index in [0.717, 1.165) is 0 Å². The van der Waals surface area contributed by atoms with Gasteiger partial charge in [0, 0.05) is 24.1 Å². The molecule has 1 aromatic carbocycles. The maximum absolute atomic E-state index is 12.4. The third-order valence-electron chi connectivity index (χ3n) is 3.69. The monoisotopic (exact) mass is 364 g/mol. The number of nitrogens with one attached hydrogen (secondary N) is 1. The zero-order valence-corrected chi connectivity index (χ0v) is 13.8. The van der Waals surface area contributed by atoms with Crippen LogP contribution in [-0.4, -0.2) is 43.1 Å². The highest BCUT2D eigenvalue weighted by Gasteiger charge is 2.40. The molecule has 2 rings (SSSR count). The average Bonchev–Trinajstić information content (AvgIpc) is 2.82. The van der Waals surface area contributed by atoms with Gasteiger partial charge in [-0.3, -0.25) is 9.59 Å². The molecule has 5 nitrogen and oxygen atoms in total. The smallest absolute Gasteiger partial charge is 0.406 e. The molecule has 0 aliphatic carbocycles. The number of methoxy groups -OCH3 is 1. The Morgan fingerprint density at radius 1 is 1.46 bits per heavy atom. The van der Waals surface area contributed by atoms with Crippen molar-refractivity contribution in [3.05, 3.63) is 22.7 Å². The summed E-state index contributed by atoms with van der Waals surface area (Å²) in [5.74, 6) is -1.74. The molecule has 0 bridgehead atoms. The van der Waals surface area contributed by atoms with Crippen LogP contribution in [0.25, 0.3) is 0 Å². The van der Waals surface area contributed by atoms with Crippen LogP contribution in [-0.2, 0) is 9.59 Å². The summed E-state index contributed by atoms with van der Waals surface area (Å²) in [4.78, 5) is 24.6. The lowest BCUT2D eigenvalue weighted by Crippen LogP contribution is -2.36. The van der Waals surface area contributed by atoms with Crippen LogP contribution in [0.3, 0.4) is 0 Å². The van der Waals surface area contributed by atoms with Gasteiger partial charge in [0.15, 0.2) is 0 Å². The lowest BCUT2D eigenvalue weighted by atomic mass is 10.1. The highest BCUT2D eigenvalue weighted by atomic mass is 35.5. The van der Waals surface area contributed by atoms with Crippen molar-refractivity contribution in [2.75, 3.05) is 25.5 Å². The number of hydrogen-bond acceptors (Lipinski definition) is 3. The predicted octanol–water partition coefficient (Wildman–Crippen LogP) is 3.01. The number of nitrogens with zero attached hydrogens (tertiary/aromatic N) is 1. The number of carbonyl (C=O) groups is 2. The maximum Gasteiger partial charge on any atom is 0.406 e. The fourth-order valence-electron chi connectivity index (χ4n) is 2.48. The summed E-state index contributed by atoms with van der Waals surface area (Å²) in [7, 11) is 1.40. The van der Waals surface area contributed by atoms with Crippen LogP contribution in [0.1, 0.15) is 12.0 Å². The quantitative estimate of drug-likeness (QED) is 0.893. The van der Waals surface area contributed by atoms with Crippen LogP contribution in [0.4, 0.5) is 18.9 Å². The van der Waals surface area contributed by atoms with Crippen molar-refractivity contribution in [2.45, 2.75) is 19.5 Å². The number of aryl methyl sites for hydroxylation is 1. The molecular formula is C15H16ClF3N2O3. The lowest BCUT2D eigenvalue weighted by Gasteiger charge is -2.18. The van der Waals surface area contributed by atoms with E-state index in [4.69, 9.17) is 16.3 Å². The van der Waals surface area contributed by atoms with Gasteiger partial charge in [0.2, 0.25) is 11.8 Å². The number of ether oxygens (including phenoxy) is 1. The summed E-state index contributed by atoms with van der Waals surface area (Å²) in [6.07, 6.45) is -4.74. The molecule has 0 spiro atoms. The number of hydrogen-bond donors (Lipinski definition) is 1. The third-order valence-corrected chi connectivity index (χ3v) is 4.10. The highest BCUT2D eigenvalue weighted by Crippen LogP contribution is 2.32. The molecule has 1 aliphatic heterocycles. The van der Waals surface area contributed by atoms with Gasteiger partial charge >= 0.3 is 6.18 Å². The topological polar surface area (TPSA) is 58.6 Å². The molecule has 1 fully saturated rings. The summed E-state index contributed by atoms with van der Waals surface area (Å²) >= 11 is 5.98. The van der Waals surface area contributed by atoms with E-state index in [9.17, 15) is 22.8 Å². The molecule has 1 N–H and O–H groups in total. The Morgan fingerprint density at radius 2 is 2.12 bits per heavy atom. The number of likely N-dealkylation sites (tertiary alicyclic amines) is 1. The number of rotatable bonds is 4. The second-order valence-electron chi connectivity index (χ2n) is 5.58. The second-order valence-corrected chi connectivity index (χ2v) is 5.99. The van der Waals surface area contributed by atoms with E-state index >= 15 is 0 Å². The van der Waals surface area contributed by atoms with Crippen molar-refractivity contribution in [1.82, 2.24) is 4.90 Å². The lowest BCUT2D eigenvalue weighted by molar-refractivity contribution is -0.157. The molecule has 2 amide bonds. The summed E-state index contributed by atoms with van der Waals surface area (Å²) in [6.45, 7) is 0.125. The van der Waals surface area contributed by atoms with Crippen LogP contribution in [0.2, 0.25) is 5.02 Å². The SMILES string of the molecule is COc1cc(Cl)c(C)cc1NC(=O)C1CC(=O)N(CC(F)(F)F)C1. The molecule has 9 heteroatoms. The first-order chi connectivity index (χ1) is 11.1. The standard InChI is InChI=1S/C15H16ClF3N2O3/c1-8-3-11(12(24-2)5-10(8)16)20-14(23)9-4-13(22)21(6-9)7-15(17,18)19/h3,5,9H,4,6-7H2,1-2H3,(H,20,23). The Morgan fingerprint density at radius 3 is 2.71 bits per heavy atom. The van der Waals surface area contributed by atoms with Crippen LogP contribution < -0.4 is 10.1 Å². The summed E-state index contributed by atoms with van der Waals surface area (Å²) in [5.41, 5.74) is 1.06. The fraction of sp³-hybridized carbons (Fsp3) is 0.467. The van der Waals surface area contributed by atoms with Gasteiger partial charge in [0.1, 0.15) is 12.3 Å². The minimum absolute atomic E-state index is 0.253. The van der Waals surface area contributed by atoms with Gasteiger partial charge in [0.05, 0.1) is 18.7 Å². The van der Waals surface area contributed by atoms with Crippen molar-refractivity contribution in [1.29, 1.82) is 0 Å². The van der Waals surface area contributed by atoms with Gasteiger partial charge in [-0.15, -0.1) is 0 Å². The molecule has 1 saturated heterocycles. The van der Waals surface area contributed by atoms with Gasteiger partial charge in [0.25, 0.3) is 0 Å². The molecular weight excluding hydrogens is 349 g/mol. The van der Waals surface area contributed by atoms with E-state index in [2.05, 4.69) is 5.32 Å².